The van der Waals surface area contributed by atoms with Gasteiger partial charge < -0.3 is 4.74 Å². The number of morpholine rings is 1. The van der Waals surface area contributed by atoms with E-state index in [2.05, 4.69) is 4.90 Å². The summed E-state index contributed by atoms with van der Waals surface area (Å²) in [6.45, 7) is 6.52. The summed E-state index contributed by atoms with van der Waals surface area (Å²) in [6, 6.07) is 3.86. The molecular weight excluding hydrogens is 244 g/mol. The quantitative estimate of drug-likeness (QED) is 0.619. The molecule has 0 spiro atoms. The van der Waals surface area contributed by atoms with E-state index in [4.69, 9.17) is 4.74 Å². The van der Waals surface area contributed by atoms with E-state index in [-0.39, 0.29) is 10.6 Å². The van der Waals surface area contributed by atoms with Crippen LogP contribution < -0.4 is 0 Å². The van der Waals surface area contributed by atoms with Gasteiger partial charge in [-0.1, -0.05) is 0 Å². The molecule has 3 rings (SSSR count). The average Bonchev–Trinajstić information content (AvgIpc) is 2.96. The third-order valence-electron chi connectivity index (χ3n) is 4.36. The minimum Gasteiger partial charge on any atom is -0.375 e. The molecule has 0 saturated carbocycles. The number of nitrogens with zero attached hydrogens (tertiary/aromatic N) is 2. The van der Waals surface area contributed by atoms with E-state index in [1.54, 1.807) is 12.1 Å². The van der Waals surface area contributed by atoms with Gasteiger partial charge in [0.1, 0.15) is 0 Å². The lowest BCUT2D eigenvalue weighted by molar-refractivity contribution is -0.385. The first-order valence-corrected chi connectivity index (χ1v) is 6.65. The Morgan fingerprint density at radius 1 is 1.47 bits per heavy atom. The number of rotatable bonds is 3. The summed E-state index contributed by atoms with van der Waals surface area (Å²) in [7, 11) is 0. The van der Waals surface area contributed by atoms with Gasteiger partial charge in [-0.3, -0.25) is 15.0 Å². The standard InChI is InChI=1S/C14H18N2O3/c1-9-3-12(16(17)18)4-11(10(9)2)6-15-7-14-5-13(15)8-19-14/h3-4,13-14H,5-8H2,1-2H3. The number of non-ortho nitro benzene ring substituents is 1. The third kappa shape index (κ3) is 2.24. The van der Waals surface area contributed by atoms with E-state index in [1.807, 2.05) is 13.8 Å². The molecule has 0 amide bonds. The number of nitro groups is 1. The van der Waals surface area contributed by atoms with Crippen molar-refractivity contribution >= 4 is 5.69 Å². The third-order valence-corrected chi connectivity index (χ3v) is 4.36. The Bertz CT molecular complexity index is 530. The van der Waals surface area contributed by atoms with Crippen LogP contribution in [-0.4, -0.2) is 35.1 Å². The van der Waals surface area contributed by atoms with Gasteiger partial charge in [-0.2, -0.15) is 0 Å². The van der Waals surface area contributed by atoms with Crippen LogP contribution in [0.25, 0.3) is 0 Å². The number of ether oxygens (including phenoxy) is 1. The number of aryl methyl sites for hydroxylation is 1. The van der Waals surface area contributed by atoms with Crippen LogP contribution in [0.15, 0.2) is 12.1 Å². The summed E-state index contributed by atoms with van der Waals surface area (Å²) in [5.74, 6) is 0. The molecule has 2 unspecified atom stereocenters. The largest absolute Gasteiger partial charge is 0.375 e. The van der Waals surface area contributed by atoms with Crippen LogP contribution >= 0.6 is 0 Å². The lowest BCUT2D eigenvalue weighted by atomic mass is 10.0. The maximum Gasteiger partial charge on any atom is 0.270 e. The number of benzene rings is 1. The van der Waals surface area contributed by atoms with Gasteiger partial charge in [0.15, 0.2) is 0 Å². The van der Waals surface area contributed by atoms with Crippen molar-refractivity contribution in [1.29, 1.82) is 0 Å². The van der Waals surface area contributed by atoms with Crippen LogP contribution in [0.3, 0.4) is 0 Å². The number of nitro benzene ring substituents is 1. The minimum atomic E-state index is -0.310. The zero-order chi connectivity index (χ0) is 13.6. The molecule has 2 atom stereocenters. The Morgan fingerprint density at radius 3 is 2.84 bits per heavy atom. The Labute approximate surface area is 112 Å². The molecule has 1 aromatic carbocycles. The fourth-order valence-electron chi connectivity index (χ4n) is 3.07. The highest BCUT2D eigenvalue weighted by Gasteiger charge is 2.38. The Hall–Kier alpha value is -1.46. The van der Waals surface area contributed by atoms with E-state index in [0.29, 0.717) is 12.1 Å². The molecule has 2 fully saturated rings. The topological polar surface area (TPSA) is 55.6 Å². The zero-order valence-electron chi connectivity index (χ0n) is 11.3. The van der Waals surface area contributed by atoms with Crippen LogP contribution in [0.1, 0.15) is 23.1 Å². The van der Waals surface area contributed by atoms with Gasteiger partial charge in [-0.15, -0.1) is 0 Å². The molecule has 5 nitrogen and oxygen atoms in total. The van der Waals surface area contributed by atoms with Crippen LogP contribution in [0.5, 0.6) is 0 Å². The normalized spacial score (nSPS) is 26.0. The molecule has 2 bridgehead atoms. The summed E-state index contributed by atoms with van der Waals surface area (Å²) >= 11 is 0. The summed E-state index contributed by atoms with van der Waals surface area (Å²) < 4.78 is 5.59. The molecule has 5 heteroatoms. The van der Waals surface area contributed by atoms with Gasteiger partial charge in [0.2, 0.25) is 0 Å². The first kappa shape index (κ1) is 12.6. The molecule has 0 N–H and O–H groups in total. The molecule has 2 aliphatic rings. The molecule has 0 aromatic heterocycles. The van der Waals surface area contributed by atoms with Crippen molar-refractivity contribution < 1.29 is 9.66 Å². The zero-order valence-corrected chi connectivity index (χ0v) is 11.3. The van der Waals surface area contributed by atoms with Crippen LogP contribution in [0, 0.1) is 24.0 Å². The van der Waals surface area contributed by atoms with Crippen molar-refractivity contribution in [1.82, 2.24) is 4.90 Å². The van der Waals surface area contributed by atoms with Crippen molar-refractivity contribution in [2.45, 2.75) is 39.0 Å². The maximum atomic E-state index is 11.0. The fourth-order valence-corrected chi connectivity index (χ4v) is 3.07. The Kier molecular flexibility index (Phi) is 3.03. The van der Waals surface area contributed by atoms with Crippen molar-refractivity contribution in [2.75, 3.05) is 13.2 Å². The van der Waals surface area contributed by atoms with E-state index in [9.17, 15) is 10.1 Å². The second-order valence-corrected chi connectivity index (χ2v) is 5.58. The van der Waals surface area contributed by atoms with Gasteiger partial charge in [-0.25, -0.2) is 0 Å². The second kappa shape index (κ2) is 4.58. The average molecular weight is 262 g/mol. The molecule has 102 valence electrons. The number of hydrogen-bond acceptors (Lipinski definition) is 4. The molecule has 1 aromatic rings. The molecule has 2 aliphatic heterocycles. The highest BCUT2D eigenvalue weighted by Crippen LogP contribution is 2.31. The van der Waals surface area contributed by atoms with Gasteiger partial charge >= 0.3 is 0 Å². The van der Waals surface area contributed by atoms with E-state index >= 15 is 0 Å². The van der Waals surface area contributed by atoms with E-state index in [1.165, 1.54) is 0 Å². The van der Waals surface area contributed by atoms with Crippen molar-refractivity contribution in [3.05, 3.63) is 38.9 Å². The van der Waals surface area contributed by atoms with E-state index in [0.717, 1.165) is 42.8 Å². The highest BCUT2D eigenvalue weighted by molar-refractivity contribution is 5.44. The van der Waals surface area contributed by atoms with Crippen molar-refractivity contribution in [2.24, 2.45) is 0 Å². The highest BCUT2D eigenvalue weighted by atomic mass is 16.6. The predicted octanol–water partition coefficient (Wildman–Crippen LogP) is 2.18. The number of likely N-dealkylation sites (tertiary alicyclic amines) is 1. The summed E-state index contributed by atoms with van der Waals surface area (Å²) in [4.78, 5) is 13.0. The van der Waals surface area contributed by atoms with Crippen LogP contribution in [-0.2, 0) is 11.3 Å². The van der Waals surface area contributed by atoms with Crippen molar-refractivity contribution in [3.8, 4) is 0 Å². The van der Waals surface area contributed by atoms with Crippen molar-refractivity contribution in [3.63, 3.8) is 0 Å². The smallest absolute Gasteiger partial charge is 0.270 e. The summed E-state index contributed by atoms with van der Waals surface area (Å²) in [6.07, 6.45) is 1.47. The predicted molar refractivity (Wildman–Crippen MR) is 71.1 cm³/mol. The van der Waals surface area contributed by atoms with E-state index < -0.39 is 0 Å². The molecule has 0 radical (unpaired) electrons. The minimum absolute atomic E-state index is 0.193. The summed E-state index contributed by atoms with van der Waals surface area (Å²) in [5, 5.41) is 11.0. The summed E-state index contributed by atoms with van der Waals surface area (Å²) in [5.41, 5.74) is 3.41. The Morgan fingerprint density at radius 2 is 2.26 bits per heavy atom. The van der Waals surface area contributed by atoms with Crippen LogP contribution in [0.4, 0.5) is 5.69 Å². The molecular formula is C14H18N2O3. The first-order valence-electron chi connectivity index (χ1n) is 6.65. The molecule has 19 heavy (non-hydrogen) atoms. The molecule has 2 saturated heterocycles. The Balaban J connectivity index is 1.85. The first-order chi connectivity index (χ1) is 9.04. The number of fused-ring (bicyclic) bond motifs is 2. The van der Waals surface area contributed by atoms with Gasteiger partial charge in [0.05, 0.1) is 17.6 Å². The SMILES string of the molecule is Cc1cc([N+](=O)[O-])cc(CN2CC3CC2CO3)c1C. The monoisotopic (exact) mass is 262 g/mol. The fraction of sp³-hybridized carbons (Fsp3) is 0.571. The maximum absolute atomic E-state index is 11.0. The second-order valence-electron chi connectivity index (χ2n) is 5.58. The van der Waals surface area contributed by atoms with Gasteiger partial charge in [-0.05, 0) is 37.0 Å². The van der Waals surface area contributed by atoms with Gasteiger partial charge in [0, 0.05) is 31.3 Å². The van der Waals surface area contributed by atoms with Gasteiger partial charge in [0.25, 0.3) is 5.69 Å². The lowest BCUT2D eigenvalue weighted by Gasteiger charge is -2.27. The number of hydrogen-bond donors (Lipinski definition) is 0. The lowest BCUT2D eigenvalue weighted by Crippen LogP contribution is -2.36. The molecule has 0 aliphatic carbocycles. The molecule has 2 heterocycles. The van der Waals surface area contributed by atoms with Crippen LogP contribution in [0.2, 0.25) is 0 Å².